The third-order valence-corrected chi connectivity index (χ3v) is 1.08. The molecule has 0 rings (SSSR count). The summed E-state index contributed by atoms with van der Waals surface area (Å²) < 4.78 is 0. The molecule has 58 valence electrons. The zero-order valence-electron chi connectivity index (χ0n) is 6.09. The van der Waals surface area contributed by atoms with E-state index in [1.807, 2.05) is 0 Å². The first kappa shape index (κ1) is 9.92. The molecule has 0 aliphatic heterocycles. The normalized spacial score (nSPS) is 11.5. The summed E-state index contributed by atoms with van der Waals surface area (Å²) >= 11 is 5.07. The Labute approximate surface area is 71.4 Å². The van der Waals surface area contributed by atoms with E-state index in [-0.39, 0.29) is 0 Å². The van der Waals surface area contributed by atoms with Gasteiger partial charge in [-0.3, -0.25) is 4.79 Å². The van der Waals surface area contributed by atoms with Gasteiger partial charge in [0.15, 0.2) is 0 Å². The number of carbonyl (C=O) groups excluding carboxylic acids is 1. The second-order valence-corrected chi connectivity index (χ2v) is 2.12. The fraction of sp³-hybridized carbons (Fsp3) is 0. The van der Waals surface area contributed by atoms with Crippen molar-refractivity contribution in [1.29, 1.82) is 0 Å². The molecule has 0 saturated heterocycles. The van der Waals surface area contributed by atoms with Crippen molar-refractivity contribution in [3.8, 4) is 0 Å². The minimum absolute atomic E-state index is 0.498. The van der Waals surface area contributed by atoms with E-state index >= 15 is 0 Å². The highest BCUT2D eigenvalue weighted by Crippen LogP contribution is 1.98. The third-order valence-electron chi connectivity index (χ3n) is 0.953. The van der Waals surface area contributed by atoms with Crippen LogP contribution in [0, 0.1) is 0 Å². The van der Waals surface area contributed by atoms with Gasteiger partial charge in [0.1, 0.15) is 0 Å². The van der Waals surface area contributed by atoms with Gasteiger partial charge in [-0.2, -0.15) is 0 Å². The van der Waals surface area contributed by atoms with Crippen LogP contribution in [0.3, 0.4) is 0 Å². The van der Waals surface area contributed by atoms with Crippen molar-refractivity contribution in [2.24, 2.45) is 0 Å². The number of hydrogen-bond acceptors (Lipinski definition) is 1. The van der Waals surface area contributed by atoms with Crippen LogP contribution in [0.1, 0.15) is 0 Å². The number of halogens is 1. The van der Waals surface area contributed by atoms with Crippen molar-refractivity contribution in [3.05, 3.63) is 49.1 Å². The molecule has 0 atom stereocenters. The molecular formula is C9H9ClO. The van der Waals surface area contributed by atoms with Crippen LogP contribution in [0.25, 0.3) is 0 Å². The topological polar surface area (TPSA) is 17.1 Å². The summed E-state index contributed by atoms with van der Waals surface area (Å²) in [4.78, 5) is 10.3. The molecule has 0 aromatic heterocycles. The molecule has 0 aromatic carbocycles. The Hall–Kier alpha value is -1.08. The average molecular weight is 169 g/mol. The first-order chi connectivity index (χ1) is 5.20. The van der Waals surface area contributed by atoms with Gasteiger partial charge in [-0.25, -0.2) is 0 Å². The Morgan fingerprint density at radius 3 is 2.27 bits per heavy atom. The van der Waals surface area contributed by atoms with Crippen molar-refractivity contribution >= 4 is 16.8 Å². The molecule has 0 N–H and O–H groups in total. The lowest BCUT2D eigenvalue weighted by Crippen LogP contribution is -1.76. The minimum Gasteiger partial charge on any atom is -0.276 e. The van der Waals surface area contributed by atoms with Crippen LogP contribution < -0.4 is 0 Å². The molecule has 11 heavy (non-hydrogen) atoms. The maximum absolute atomic E-state index is 10.3. The van der Waals surface area contributed by atoms with E-state index in [0.29, 0.717) is 0 Å². The smallest absolute Gasteiger partial charge is 0.245 e. The van der Waals surface area contributed by atoms with Gasteiger partial charge in [0.2, 0.25) is 5.24 Å². The third kappa shape index (κ3) is 5.37. The molecular weight excluding hydrogens is 160 g/mol. The van der Waals surface area contributed by atoms with Gasteiger partial charge in [-0.05, 0) is 23.3 Å². The van der Waals surface area contributed by atoms with Gasteiger partial charge in [-0.15, -0.1) is 0 Å². The molecule has 0 unspecified atom stereocenters. The Morgan fingerprint density at radius 2 is 1.91 bits per heavy atom. The highest BCUT2D eigenvalue weighted by atomic mass is 35.5. The summed E-state index contributed by atoms with van der Waals surface area (Å²) in [7, 11) is 0. The first-order valence-corrected chi connectivity index (χ1v) is 3.41. The molecule has 0 radical (unpaired) electrons. The zero-order chi connectivity index (χ0) is 8.69. The van der Waals surface area contributed by atoms with Gasteiger partial charge in [0.05, 0.1) is 0 Å². The summed E-state index contributed by atoms with van der Waals surface area (Å²) in [5.74, 6) is 0. The van der Waals surface area contributed by atoms with Crippen molar-refractivity contribution in [2.45, 2.75) is 0 Å². The largest absolute Gasteiger partial charge is 0.276 e. The summed E-state index contributed by atoms with van der Waals surface area (Å²) in [5, 5.41) is -0.498. The van der Waals surface area contributed by atoms with Gasteiger partial charge >= 0.3 is 0 Å². The molecule has 0 heterocycles. The molecule has 0 aliphatic carbocycles. The minimum atomic E-state index is -0.498. The maximum Gasteiger partial charge on any atom is 0.245 e. The SMILES string of the molecule is C=C/C=C(C=C)/C=C/C(=O)Cl. The molecule has 1 nitrogen and oxygen atoms in total. The first-order valence-electron chi connectivity index (χ1n) is 3.03. The molecule has 0 bridgehead atoms. The maximum atomic E-state index is 10.3. The number of allylic oxidation sites excluding steroid dienone is 6. The second kappa shape index (κ2) is 5.69. The summed E-state index contributed by atoms with van der Waals surface area (Å²) in [6.45, 7) is 7.04. The van der Waals surface area contributed by atoms with Crippen LogP contribution in [0.2, 0.25) is 0 Å². The van der Waals surface area contributed by atoms with Crippen molar-refractivity contribution < 1.29 is 4.79 Å². The highest BCUT2D eigenvalue weighted by Gasteiger charge is 1.85. The second-order valence-electron chi connectivity index (χ2n) is 1.74. The Morgan fingerprint density at radius 1 is 1.27 bits per heavy atom. The van der Waals surface area contributed by atoms with Gasteiger partial charge in [0, 0.05) is 0 Å². The van der Waals surface area contributed by atoms with E-state index in [2.05, 4.69) is 13.2 Å². The van der Waals surface area contributed by atoms with Crippen LogP contribution in [0.4, 0.5) is 0 Å². The number of rotatable bonds is 4. The summed E-state index contributed by atoms with van der Waals surface area (Å²) in [5.41, 5.74) is 0.800. The number of carbonyl (C=O) groups is 1. The van der Waals surface area contributed by atoms with Crippen molar-refractivity contribution in [1.82, 2.24) is 0 Å². The predicted octanol–water partition coefficient (Wildman–Crippen LogP) is 2.61. The lowest BCUT2D eigenvalue weighted by atomic mass is 10.2. The quantitative estimate of drug-likeness (QED) is 0.358. The van der Waals surface area contributed by atoms with Gasteiger partial charge in [-0.1, -0.05) is 37.5 Å². The summed E-state index contributed by atoms with van der Waals surface area (Å²) in [6, 6.07) is 0. The predicted molar refractivity (Wildman–Crippen MR) is 48.5 cm³/mol. The van der Waals surface area contributed by atoms with Crippen LogP contribution >= 0.6 is 11.6 Å². The highest BCUT2D eigenvalue weighted by molar-refractivity contribution is 6.66. The van der Waals surface area contributed by atoms with E-state index in [4.69, 9.17) is 11.6 Å². The molecule has 2 heteroatoms. The fourth-order valence-corrected chi connectivity index (χ4v) is 0.552. The van der Waals surface area contributed by atoms with Gasteiger partial charge < -0.3 is 0 Å². The molecule has 0 amide bonds. The van der Waals surface area contributed by atoms with Crippen LogP contribution in [0.5, 0.6) is 0 Å². The molecule has 0 spiro atoms. The van der Waals surface area contributed by atoms with Gasteiger partial charge in [0.25, 0.3) is 0 Å². The van der Waals surface area contributed by atoms with Crippen molar-refractivity contribution in [2.75, 3.05) is 0 Å². The Balaban J connectivity index is 4.30. The van der Waals surface area contributed by atoms with Crippen LogP contribution in [0.15, 0.2) is 49.1 Å². The van der Waals surface area contributed by atoms with E-state index in [9.17, 15) is 4.79 Å². The average Bonchev–Trinajstić information content (AvgIpc) is 1.97. The Kier molecular flexibility index (Phi) is 5.13. The standard InChI is InChI=1S/C9H9ClO/c1-3-5-8(4-2)6-7-9(10)11/h3-7H,1-2H2/b7-6+,8-5+. The van der Waals surface area contributed by atoms with Crippen LogP contribution in [-0.4, -0.2) is 5.24 Å². The lowest BCUT2D eigenvalue weighted by Gasteiger charge is -1.86. The zero-order valence-corrected chi connectivity index (χ0v) is 6.84. The molecule has 0 fully saturated rings. The molecule has 0 aromatic rings. The van der Waals surface area contributed by atoms with Crippen molar-refractivity contribution in [3.63, 3.8) is 0 Å². The van der Waals surface area contributed by atoms with E-state index < -0.39 is 5.24 Å². The lowest BCUT2D eigenvalue weighted by molar-refractivity contribution is -0.107. The van der Waals surface area contributed by atoms with E-state index in [0.717, 1.165) is 5.57 Å². The molecule has 0 aliphatic rings. The van der Waals surface area contributed by atoms with E-state index in [1.165, 1.54) is 6.08 Å². The summed E-state index contributed by atoms with van der Waals surface area (Å²) in [6.07, 6.45) is 7.78. The van der Waals surface area contributed by atoms with E-state index in [1.54, 1.807) is 24.3 Å². The molecule has 0 saturated carbocycles. The van der Waals surface area contributed by atoms with Crippen LogP contribution in [-0.2, 0) is 4.79 Å². The fourth-order valence-electron chi connectivity index (χ4n) is 0.489. The Bertz CT molecular complexity index is 224. The number of hydrogen-bond donors (Lipinski definition) is 0. The monoisotopic (exact) mass is 168 g/mol.